The number of rotatable bonds is 6. The average molecular weight is 345 g/mol. The molecule has 0 aliphatic rings. The molecule has 1 heterocycles. The fourth-order valence-corrected chi connectivity index (χ4v) is 3.75. The molecule has 0 saturated carbocycles. The fraction of sp³-hybridized carbons (Fsp3) is 0.450. The van der Waals surface area contributed by atoms with Gasteiger partial charge in [0.2, 0.25) is 5.91 Å². The number of hydrogen-bond donors (Lipinski definition) is 1. The van der Waals surface area contributed by atoms with Gasteiger partial charge in [0.05, 0.1) is 12.6 Å². The lowest BCUT2D eigenvalue weighted by Crippen LogP contribution is -2.41. The van der Waals surface area contributed by atoms with Crippen molar-refractivity contribution < 1.29 is 4.79 Å². The highest BCUT2D eigenvalue weighted by Gasteiger charge is 2.29. The van der Waals surface area contributed by atoms with Crippen LogP contribution in [0.1, 0.15) is 50.2 Å². The lowest BCUT2D eigenvalue weighted by atomic mass is 9.85. The Bertz CT molecular complexity index is 631. The van der Waals surface area contributed by atoms with Crippen LogP contribution in [-0.4, -0.2) is 24.4 Å². The third-order valence-corrected chi connectivity index (χ3v) is 5.27. The van der Waals surface area contributed by atoms with E-state index in [9.17, 15) is 4.79 Å². The maximum atomic E-state index is 12.6. The van der Waals surface area contributed by atoms with Crippen LogP contribution in [0.2, 0.25) is 0 Å². The molecule has 0 bridgehead atoms. The second-order valence-electron chi connectivity index (χ2n) is 7.38. The molecule has 2 aromatic rings. The fourth-order valence-electron chi connectivity index (χ4n) is 2.73. The molecule has 1 N–H and O–H groups in total. The van der Waals surface area contributed by atoms with Gasteiger partial charge in [-0.1, -0.05) is 57.2 Å². The van der Waals surface area contributed by atoms with E-state index in [0.29, 0.717) is 6.54 Å². The summed E-state index contributed by atoms with van der Waals surface area (Å²) in [6, 6.07) is 14.6. The maximum Gasteiger partial charge on any atom is 0.234 e. The quantitative estimate of drug-likeness (QED) is 0.827. The lowest BCUT2D eigenvalue weighted by molar-refractivity contribution is -0.123. The molecule has 130 valence electrons. The van der Waals surface area contributed by atoms with Crippen molar-refractivity contribution in [1.29, 1.82) is 0 Å². The first-order valence-electron chi connectivity index (χ1n) is 8.37. The van der Waals surface area contributed by atoms with Gasteiger partial charge in [0.1, 0.15) is 0 Å². The summed E-state index contributed by atoms with van der Waals surface area (Å²) >= 11 is 1.69. The van der Waals surface area contributed by atoms with E-state index in [4.69, 9.17) is 0 Å². The van der Waals surface area contributed by atoms with Crippen LogP contribution in [0, 0.1) is 5.41 Å². The number of likely N-dealkylation sites (N-methyl/N-ethyl adjacent to an activating group) is 1. The van der Waals surface area contributed by atoms with Gasteiger partial charge in [-0.15, -0.1) is 11.3 Å². The minimum absolute atomic E-state index is 0.0237. The van der Waals surface area contributed by atoms with E-state index in [-0.39, 0.29) is 23.4 Å². The molecule has 0 radical (unpaired) electrons. The Morgan fingerprint density at radius 3 is 2.38 bits per heavy atom. The summed E-state index contributed by atoms with van der Waals surface area (Å²) in [6.45, 7) is 8.99. The SMILES string of the molecule is CC(c1ccccc1)N(C)CC(=O)NC(c1cccs1)C(C)(C)C. The zero-order chi connectivity index (χ0) is 17.7. The molecule has 3 nitrogen and oxygen atoms in total. The number of thiophene rings is 1. The van der Waals surface area contributed by atoms with Crippen LogP contribution >= 0.6 is 11.3 Å². The minimum atomic E-state index is -0.0237. The van der Waals surface area contributed by atoms with E-state index in [2.05, 4.69) is 61.5 Å². The van der Waals surface area contributed by atoms with E-state index in [1.54, 1.807) is 11.3 Å². The van der Waals surface area contributed by atoms with Gasteiger partial charge in [-0.25, -0.2) is 0 Å². The van der Waals surface area contributed by atoms with Crippen molar-refractivity contribution in [2.45, 2.75) is 39.8 Å². The monoisotopic (exact) mass is 344 g/mol. The molecule has 0 aliphatic carbocycles. The maximum absolute atomic E-state index is 12.6. The van der Waals surface area contributed by atoms with Gasteiger partial charge in [-0.05, 0) is 36.4 Å². The van der Waals surface area contributed by atoms with Crippen LogP contribution < -0.4 is 5.32 Å². The highest BCUT2D eigenvalue weighted by atomic mass is 32.1. The molecule has 1 aromatic heterocycles. The molecular weight excluding hydrogens is 316 g/mol. The van der Waals surface area contributed by atoms with Crippen LogP contribution in [0.25, 0.3) is 0 Å². The van der Waals surface area contributed by atoms with Gasteiger partial charge in [-0.2, -0.15) is 0 Å². The Labute approximate surface area is 149 Å². The first kappa shape index (κ1) is 18.7. The molecule has 2 atom stereocenters. The zero-order valence-electron chi connectivity index (χ0n) is 15.2. The Balaban J connectivity index is 2.01. The van der Waals surface area contributed by atoms with Crippen molar-refractivity contribution in [3.63, 3.8) is 0 Å². The molecule has 1 amide bonds. The molecule has 1 aromatic carbocycles. The van der Waals surface area contributed by atoms with E-state index in [1.165, 1.54) is 10.4 Å². The first-order chi connectivity index (χ1) is 11.3. The second kappa shape index (κ2) is 7.95. The Kier molecular flexibility index (Phi) is 6.19. The van der Waals surface area contributed by atoms with Gasteiger partial charge >= 0.3 is 0 Å². The number of nitrogens with zero attached hydrogens (tertiary/aromatic N) is 1. The summed E-state index contributed by atoms with van der Waals surface area (Å²) < 4.78 is 0. The predicted molar refractivity (Wildman–Crippen MR) is 102 cm³/mol. The van der Waals surface area contributed by atoms with E-state index in [1.807, 2.05) is 31.3 Å². The molecule has 0 spiro atoms. The highest BCUT2D eigenvalue weighted by molar-refractivity contribution is 7.10. The van der Waals surface area contributed by atoms with Crippen molar-refractivity contribution in [3.05, 3.63) is 58.3 Å². The molecule has 0 fully saturated rings. The number of benzene rings is 1. The topological polar surface area (TPSA) is 32.3 Å². The van der Waals surface area contributed by atoms with E-state index in [0.717, 1.165) is 0 Å². The Hall–Kier alpha value is -1.65. The molecule has 4 heteroatoms. The zero-order valence-corrected chi connectivity index (χ0v) is 16.1. The number of nitrogens with one attached hydrogen (secondary N) is 1. The van der Waals surface area contributed by atoms with Crippen LogP contribution in [-0.2, 0) is 4.79 Å². The number of amides is 1. The highest BCUT2D eigenvalue weighted by Crippen LogP contribution is 2.35. The molecular formula is C20H28N2OS. The van der Waals surface area contributed by atoms with Crippen LogP contribution in [0.5, 0.6) is 0 Å². The van der Waals surface area contributed by atoms with E-state index >= 15 is 0 Å². The lowest BCUT2D eigenvalue weighted by Gasteiger charge is -2.32. The van der Waals surface area contributed by atoms with Crippen molar-refractivity contribution >= 4 is 17.2 Å². The molecule has 2 unspecified atom stereocenters. The van der Waals surface area contributed by atoms with Crippen LogP contribution in [0.15, 0.2) is 47.8 Å². The van der Waals surface area contributed by atoms with Gasteiger partial charge in [0, 0.05) is 10.9 Å². The summed E-state index contributed by atoms with van der Waals surface area (Å²) in [5, 5.41) is 5.29. The standard InChI is InChI=1S/C20H28N2OS/c1-15(16-10-7-6-8-11-16)22(5)14-18(23)21-19(20(2,3)4)17-12-9-13-24-17/h6-13,15,19H,14H2,1-5H3,(H,21,23). The van der Waals surface area contributed by atoms with E-state index < -0.39 is 0 Å². The van der Waals surface area contributed by atoms with Crippen LogP contribution in [0.4, 0.5) is 0 Å². The smallest absolute Gasteiger partial charge is 0.234 e. The molecule has 24 heavy (non-hydrogen) atoms. The third-order valence-electron chi connectivity index (χ3n) is 4.34. The summed E-state index contributed by atoms with van der Waals surface area (Å²) in [5.74, 6) is 0.0635. The van der Waals surface area contributed by atoms with Crippen molar-refractivity contribution in [1.82, 2.24) is 10.2 Å². The molecule has 0 saturated heterocycles. The Morgan fingerprint density at radius 1 is 1.17 bits per heavy atom. The predicted octanol–water partition coefficient (Wildman–Crippen LogP) is 4.64. The summed E-state index contributed by atoms with van der Waals surface area (Å²) in [4.78, 5) is 15.9. The number of carbonyl (C=O) groups is 1. The van der Waals surface area contributed by atoms with Gasteiger partial charge < -0.3 is 5.32 Å². The van der Waals surface area contributed by atoms with Crippen LogP contribution in [0.3, 0.4) is 0 Å². The summed E-state index contributed by atoms with van der Waals surface area (Å²) in [6.07, 6.45) is 0. The Morgan fingerprint density at radius 2 is 1.83 bits per heavy atom. The molecule has 2 rings (SSSR count). The third kappa shape index (κ3) is 4.92. The molecule has 0 aliphatic heterocycles. The summed E-state index contributed by atoms with van der Waals surface area (Å²) in [7, 11) is 1.99. The minimum Gasteiger partial charge on any atom is -0.347 e. The second-order valence-corrected chi connectivity index (χ2v) is 8.36. The van der Waals surface area contributed by atoms with Crippen molar-refractivity contribution in [3.8, 4) is 0 Å². The largest absolute Gasteiger partial charge is 0.347 e. The van der Waals surface area contributed by atoms with Gasteiger partial charge in [-0.3, -0.25) is 9.69 Å². The summed E-state index contributed by atoms with van der Waals surface area (Å²) in [5.41, 5.74) is 1.20. The first-order valence-corrected chi connectivity index (χ1v) is 9.25. The number of hydrogen-bond acceptors (Lipinski definition) is 3. The van der Waals surface area contributed by atoms with Gasteiger partial charge in [0.25, 0.3) is 0 Å². The van der Waals surface area contributed by atoms with Crippen molar-refractivity contribution in [2.24, 2.45) is 5.41 Å². The average Bonchev–Trinajstić information content (AvgIpc) is 3.05. The van der Waals surface area contributed by atoms with Gasteiger partial charge in [0.15, 0.2) is 0 Å². The van der Waals surface area contributed by atoms with Crippen molar-refractivity contribution in [2.75, 3.05) is 13.6 Å². The normalized spacial score (nSPS) is 14.4. The number of carbonyl (C=O) groups excluding carboxylic acids is 1.